The minimum atomic E-state index is 1.07. The lowest BCUT2D eigenvalue weighted by Crippen LogP contribution is -2.10. The van der Waals surface area contributed by atoms with Crippen LogP contribution in [0.4, 0.5) is 51.2 Å². The fourth-order valence-corrected chi connectivity index (χ4v) is 10.4. The van der Waals surface area contributed by atoms with E-state index in [1.165, 1.54) is 22.3 Å². The Kier molecular flexibility index (Phi) is 12.4. The second kappa shape index (κ2) is 20.3. The SMILES string of the molecule is c1ccc(-c2c(-c3ccccc3)c(-c3ccc(N(c4ccccc4)c4ccccc4)cc3)c3cc(N(c4ccccc4)c4ccccc4)ccc3c2-c2ccc(N(c3ccccc3)c3ccccc3)cc2)cc1. The zero-order valence-electron chi connectivity index (χ0n) is 40.3. The van der Waals surface area contributed by atoms with E-state index < -0.39 is 0 Å². The summed E-state index contributed by atoms with van der Waals surface area (Å²) in [6.45, 7) is 0. The Hall–Kier alpha value is -9.70. The molecule has 0 aliphatic heterocycles. The number of para-hydroxylation sites is 6. The standard InChI is InChI=1S/C70H51N3/c1-9-25-52(26-10-1)69-67(54-41-45-62(46-42-54)71(56-29-13-3-14-30-56)57-31-15-4-16-32-57)65-50-49-64(73(60-37-21-7-22-38-60)61-39-23-8-24-40-61)51-66(65)68(70(69)53-27-11-2-12-28-53)55-43-47-63(48-44-55)72(58-33-17-5-18-34-58)59-35-19-6-20-36-59/h1-51H. The molecular weight excluding hydrogens is 883 g/mol. The highest BCUT2D eigenvalue weighted by atomic mass is 15.2. The third-order valence-electron chi connectivity index (χ3n) is 13.6. The lowest BCUT2D eigenvalue weighted by Gasteiger charge is -2.29. The van der Waals surface area contributed by atoms with Crippen LogP contribution in [0.3, 0.4) is 0 Å². The Labute approximate surface area is 428 Å². The highest BCUT2D eigenvalue weighted by Gasteiger charge is 2.26. The zero-order valence-corrected chi connectivity index (χ0v) is 40.3. The molecule has 12 aromatic carbocycles. The molecule has 73 heavy (non-hydrogen) atoms. The maximum atomic E-state index is 2.42. The Morgan fingerprint density at radius 1 is 0.151 bits per heavy atom. The molecule has 0 N–H and O–H groups in total. The largest absolute Gasteiger partial charge is 0.311 e. The van der Waals surface area contributed by atoms with Crippen LogP contribution in [0.5, 0.6) is 0 Å². The van der Waals surface area contributed by atoms with Gasteiger partial charge in [-0.1, -0.05) is 200 Å². The molecule has 0 atom stereocenters. The summed E-state index contributed by atoms with van der Waals surface area (Å²) in [5.74, 6) is 0. The molecule has 3 heteroatoms. The number of benzene rings is 12. The van der Waals surface area contributed by atoms with Crippen molar-refractivity contribution in [3.05, 3.63) is 309 Å². The van der Waals surface area contributed by atoms with Crippen LogP contribution in [0.1, 0.15) is 0 Å². The first kappa shape index (κ1) is 44.5. The summed E-state index contributed by atoms with van der Waals surface area (Å²) >= 11 is 0. The number of nitrogens with zero attached hydrogens (tertiary/aromatic N) is 3. The van der Waals surface area contributed by atoms with Crippen LogP contribution in [-0.2, 0) is 0 Å². The van der Waals surface area contributed by atoms with Crippen molar-refractivity contribution in [2.75, 3.05) is 14.7 Å². The predicted molar refractivity (Wildman–Crippen MR) is 310 cm³/mol. The molecule has 0 aliphatic carbocycles. The van der Waals surface area contributed by atoms with E-state index in [0.717, 1.165) is 84.2 Å². The summed E-state index contributed by atoms with van der Waals surface area (Å²) < 4.78 is 0. The average Bonchev–Trinajstić information content (AvgIpc) is 3.47. The van der Waals surface area contributed by atoms with Crippen molar-refractivity contribution in [3.63, 3.8) is 0 Å². The third kappa shape index (κ3) is 8.93. The summed E-state index contributed by atoms with van der Waals surface area (Å²) in [5.41, 5.74) is 19.0. The molecule has 0 radical (unpaired) electrons. The summed E-state index contributed by atoms with van der Waals surface area (Å²) in [6.07, 6.45) is 0. The van der Waals surface area contributed by atoms with Crippen LogP contribution >= 0.6 is 0 Å². The van der Waals surface area contributed by atoms with Gasteiger partial charge in [0.05, 0.1) is 0 Å². The Bertz CT molecular complexity index is 3610. The van der Waals surface area contributed by atoms with Crippen LogP contribution in [0.25, 0.3) is 55.3 Å². The second-order valence-electron chi connectivity index (χ2n) is 18.1. The van der Waals surface area contributed by atoms with Crippen molar-refractivity contribution in [2.45, 2.75) is 0 Å². The summed E-state index contributed by atoms with van der Waals surface area (Å²) in [5, 5.41) is 2.31. The van der Waals surface area contributed by atoms with Crippen molar-refractivity contribution in [3.8, 4) is 44.5 Å². The molecule has 0 saturated heterocycles. The molecule has 0 saturated carbocycles. The number of hydrogen-bond donors (Lipinski definition) is 0. The normalized spacial score (nSPS) is 11.0. The fourth-order valence-electron chi connectivity index (χ4n) is 10.4. The Morgan fingerprint density at radius 3 is 0.671 bits per heavy atom. The van der Waals surface area contributed by atoms with E-state index in [2.05, 4.69) is 324 Å². The Morgan fingerprint density at radius 2 is 0.370 bits per heavy atom. The van der Waals surface area contributed by atoms with Gasteiger partial charge in [0.1, 0.15) is 0 Å². The van der Waals surface area contributed by atoms with Gasteiger partial charge in [0, 0.05) is 51.2 Å². The molecule has 0 fully saturated rings. The van der Waals surface area contributed by atoms with E-state index in [1.54, 1.807) is 0 Å². The highest BCUT2D eigenvalue weighted by Crippen LogP contribution is 2.53. The molecule has 0 amide bonds. The highest BCUT2D eigenvalue weighted by molar-refractivity contribution is 6.19. The van der Waals surface area contributed by atoms with Gasteiger partial charge in [-0.2, -0.15) is 0 Å². The van der Waals surface area contributed by atoms with Crippen LogP contribution in [0, 0.1) is 0 Å². The predicted octanol–water partition coefficient (Wildman–Crippen LogP) is 19.9. The molecular formula is C70H51N3. The van der Waals surface area contributed by atoms with Gasteiger partial charge in [-0.05, 0) is 164 Å². The van der Waals surface area contributed by atoms with E-state index in [0.29, 0.717) is 0 Å². The molecule has 0 spiro atoms. The Balaban J connectivity index is 1.15. The summed E-state index contributed by atoms with van der Waals surface area (Å²) in [7, 11) is 0. The minimum Gasteiger partial charge on any atom is -0.311 e. The van der Waals surface area contributed by atoms with Crippen molar-refractivity contribution < 1.29 is 0 Å². The van der Waals surface area contributed by atoms with Crippen LogP contribution < -0.4 is 14.7 Å². The van der Waals surface area contributed by atoms with E-state index in [-0.39, 0.29) is 0 Å². The van der Waals surface area contributed by atoms with E-state index >= 15 is 0 Å². The number of rotatable bonds is 13. The van der Waals surface area contributed by atoms with Gasteiger partial charge >= 0.3 is 0 Å². The third-order valence-corrected chi connectivity index (χ3v) is 13.6. The monoisotopic (exact) mass is 933 g/mol. The van der Waals surface area contributed by atoms with Crippen LogP contribution in [-0.4, -0.2) is 0 Å². The van der Waals surface area contributed by atoms with Crippen molar-refractivity contribution in [1.82, 2.24) is 0 Å². The van der Waals surface area contributed by atoms with Crippen molar-refractivity contribution >= 4 is 62.0 Å². The van der Waals surface area contributed by atoms with Gasteiger partial charge < -0.3 is 14.7 Å². The first-order valence-electron chi connectivity index (χ1n) is 24.9. The van der Waals surface area contributed by atoms with E-state index in [9.17, 15) is 0 Å². The maximum Gasteiger partial charge on any atom is 0.0468 e. The molecule has 0 bridgehead atoms. The molecule has 3 nitrogen and oxygen atoms in total. The second-order valence-corrected chi connectivity index (χ2v) is 18.1. The number of fused-ring (bicyclic) bond motifs is 1. The zero-order chi connectivity index (χ0) is 48.8. The van der Waals surface area contributed by atoms with Crippen LogP contribution in [0.2, 0.25) is 0 Å². The molecule has 0 aromatic heterocycles. The van der Waals surface area contributed by atoms with Crippen LogP contribution in [0.15, 0.2) is 309 Å². The lowest BCUT2D eigenvalue weighted by molar-refractivity contribution is 1.28. The van der Waals surface area contributed by atoms with Gasteiger partial charge in [0.2, 0.25) is 0 Å². The average molecular weight is 934 g/mol. The molecule has 0 aliphatic rings. The molecule has 346 valence electrons. The minimum absolute atomic E-state index is 1.07. The summed E-state index contributed by atoms with van der Waals surface area (Å²) in [6, 6.07) is 111. The van der Waals surface area contributed by atoms with Crippen molar-refractivity contribution in [2.24, 2.45) is 0 Å². The first-order chi connectivity index (χ1) is 36.3. The van der Waals surface area contributed by atoms with E-state index in [1.807, 2.05) is 0 Å². The number of hydrogen-bond acceptors (Lipinski definition) is 3. The number of anilines is 9. The smallest absolute Gasteiger partial charge is 0.0468 e. The topological polar surface area (TPSA) is 9.72 Å². The molecule has 12 rings (SSSR count). The van der Waals surface area contributed by atoms with Gasteiger partial charge in [-0.25, -0.2) is 0 Å². The molecule has 0 unspecified atom stereocenters. The lowest BCUT2D eigenvalue weighted by atomic mass is 9.78. The van der Waals surface area contributed by atoms with Crippen molar-refractivity contribution in [1.29, 1.82) is 0 Å². The fraction of sp³-hybridized carbons (Fsp3) is 0. The quantitative estimate of drug-likeness (QED) is 0.114. The summed E-state index contributed by atoms with van der Waals surface area (Å²) in [4.78, 5) is 7.02. The van der Waals surface area contributed by atoms with E-state index in [4.69, 9.17) is 0 Å². The first-order valence-corrected chi connectivity index (χ1v) is 24.9. The molecule has 0 heterocycles. The maximum absolute atomic E-state index is 2.42. The van der Waals surface area contributed by atoms with Gasteiger partial charge in [0.15, 0.2) is 0 Å². The van der Waals surface area contributed by atoms with Gasteiger partial charge in [0.25, 0.3) is 0 Å². The van der Waals surface area contributed by atoms with Gasteiger partial charge in [-0.15, -0.1) is 0 Å². The van der Waals surface area contributed by atoms with Gasteiger partial charge in [-0.3, -0.25) is 0 Å². The molecule has 12 aromatic rings.